The molecule has 0 aliphatic rings. The lowest BCUT2D eigenvalue weighted by atomic mass is 10.1. The Hall–Kier alpha value is -2.55. The summed E-state index contributed by atoms with van der Waals surface area (Å²) in [5, 5.41) is 2.41. The number of fused-ring (bicyclic) bond motifs is 1. The third kappa shape index (κ3) is 2.72. The number of ether oxygens (including phenoxy) is 1. The Kier molecular flexibility index (Phi) is 3.50. The van der Waals surface area contributed by atoms with Gasteiger partial charge in [-0.2, -0.15) is 0 Å². The molecule has 0 saturated carbocycles. The lowest BCUT2D eigenvalue weighted by Gasteiger charge is -2.03. The Labute approximate surface area is 118 Å². The van der Waals surface area contributed by atoms with E-state index in [1.807, 2.05) is 29.2 Å². The molecule has 1 aromatic heterocycles. The maximum atomic E-state index is 5.24. The molecule has 0 aliphatic heterocycles. The molecule has 0 N–H and O–H groups in total. The molecule has 3 nitrogen and oxygen atoms in total. The normalized spacial score (nSPS) is 11.2. The number of rotatable bonds is 4. The van der Waals surface area contributed by atoms with Gasteiger partial charge in [0.05, 0.1) is 13.4 Å². The predicted octanol–water partition coefficient (Wildman–Crippen LogP) is 3.76. The molecule has 3 rings (SSSR count). The van der Waals surface area contributed by atoms with Crippen molar-refractivity contribution in [1.82, 2.24) is 9.55 Å². The van der Waals surface area contributed by atoms with E-state index >= 15 is 0 Å². The molecule has 0 aliphatic carbocycles. The monoisotopic (exact) mass is 264 g/mol. The summed E-state index contributed by atoms with van der Waals surface area (Å²) >= 11 is 0. The fraction of sp³-hybridized carbons (Fsp3) is 0.118. The molecule has 2 aromatic carbocycles. The molecule has 0 amide bonds. The number of methoxy groups -OCH3 is 1. The van der Waals surface area contributed by atoms with Crippen molar-refractivity contribution in [1.29, 1.82) is 0 Å². The van der Waals surface area contributed by atoms with Crippen LogP contribution in [-0.4, -0.2) is 16.7 Å². The average molecular weight is 264 g/mol. The van der Waals surface area contributed by atoms with Crippen LogP contribution in [0.4, 0.5) is 0 Å². The highest BCUT2D eigenvalue weighted by atomic mass is 16.5. The molecule has 0 spiro atoms. The van der Waals surface area contributed by atoms with Gasteiger partial charge in [-0.05, 0) is 34.5 Å². The maximum Gasteiger partial charge on any atom is 0.119 e. The highest BCUT2D eigenvalue weighted by molar-refractivity contribution is 5.86. The summed E-state index contributed by atoms with van der Waals surface area (Å²) in [5.41, 5.74) is 1.20. The summed E-state index contributed by atoms with van der Waals surface area (Å²) in [6.07, 6.45) is 9.82. The van der Waals surface area contributed by atoms with Crippen LogP contribution in [0.15, 0.2) is 61.2 Å². The van der Waals surface area contributed by atoms with Gasteiger partial charge in [0, 0.05) is 18.9 Å². The number of benzene rings is 2. The quantitative estimate of drug-likeness (QED) is 0.717. The lowest BCUT2D eigenvalue weighted by molar-refractivity contribution is 0.415. The molecular formula is C17H16N2O. The molecule has 3 heteroatoms. The van der Waals surface area contributed by atoms with E-state index in [1.165, 1.54) is 16.3 Å². The van der Waals surface area contributed by atoms with Crippen LogP contribution < -0.4 is 4.74 Å². The minimum Gasteiger partial charge on any atom is -0.497 e. The van der Waals surface area contributed by atoms with Gasteiger partial charge < -0.3 is 9.30 Å². The maximum absolute atomic E-state index is 5.24. The largest absolute Gasteiger partial charge is 0.497 e. The van der Waals surface area contributed by atoms with Crippen LogP contribution in [0, 0.1) is 0 Å². The molecule has 100 valence electrons. The van der Waals surface area contributed by atoms with Crippen molar-refractivity contribution >= 4 is 16.8 Å². The van der Waals surface area contributed by atoms with Crippen LogP contribution in [-0.2, 0) is 6.54 Å². The molecule has 0 radical (unpaired) electrons. The van der Waals surface area contributed by atoms with Gasteiger partial charge in [0.25, 0.3) is 0 Å². The lowest BCUT2D eigenvalue weighted by Crippen LogP contribution is -1.89. The topological polar surface area (TPSA) is 27.1 Å². The fourth-order valence-electron chi connectivity index (χ4n) is 2.18. The number of allylic oxidation sites excluding steroid dienone is 1. The van der Waals surface area contributed by atoms with Crippen LogP contribution in [0.3, 0.4) is 0 Å². The Morgan fingerprint density at radius 3 is 2.80 bits per heavy atom. The smallest absolute Gasteiger partial charge is 0.119 e. The number of nitrogens with zero attached hydrogens (tertiary/aromatic N) is 2. The molecule has 3 aromatic rings. The van der Waals surface area contributed by atoms with Gasteiger partial charge in [0.15, 0.2) is 0 Å². The summed E-state index contributed by atoms with van der Waals surface area (Å²) in [5.74, 6) is 0.890. The second-order valence-electron chi connectivity index (χ2n) is 4.63. The van der Waals surface area contributed by atoms with Gasteiger partial charge in [-0.3, -0.25) is 0 Å². The van der Waals surface area contributed by atoms with Crippen molar-refractivity contribution in [2.45, 2.75) is 6.54 Å². The van der Waals surface area contributed by atoms with E-state index in [4.69, 9.17) is 4.74 Å². The zero-order chi connectivity index (χ0) is 13.8. The minimum absolute atomic E-state index is 0.834. The molecule has 0 bridgehead atoms. The van der Waals surface area contributed by atoms with Gasteiger partial charge in [0.2, 0.25) is 0 Å². The van der Waals surface area contributed by atoms with Gasteiger partial charge in [0.1, 0.15) is 5.75 Å². The van der Waals surface area contributed by atoms with E-state index in [0.29, 0.717) is 0 Å². The van der Waals surface area contributed by atoms with Gasteiger partial charge in [-0.25, -0.2) is 4.98 Å². The van der Waals surface area contributed by atoms with E-state index in [1.54, 1.807) is 13.3 Å². The van der Waals surface area contributed by atoms with Crippen LogP contribution in [0.25, 0.3) is 16.8 Å². The number of hydrogen-bond donors (Lipinski definition) is 0. The Balaban J connectivity index is 1.80. The van der Waals surface area contributed by atoms with Crippen LogP contribution in [0.5, 0.6) is 5.75 Å². The number of aromatic nitrogens is 2. The number of hydrogen-bond acceptors (Lipinski definition) is 2. The third-order valence-corrected chi connectivity index (χ3v) is 3.26. The molecule has 0 saturated heterocycles. The zero-order valence-electron chi connectivity index (χ0n) is 11.4. The van der Waals surface area contributed by atoms with Crippen molar-refractivity contribution in [3.8, 4) is 5.75 Å². The first-order chi connectivity index (χ1) is 9.85. The van der Waals surface area contributed by atoms with E-state index in [-0.39, 0.29) is 0 Å². The van der Waals surface area contributed by atoms with E-state index < -0.39 is 0 Å². The first-order valence-electron chi connectivity index (χ1n) is 6.55. The van der Waals surface area contributed by atoms with Crippen LogP contribution >= 0.6 is 0 Å². The Bertz CT molecular complexity index is 730. The predicted molar refractivity (Wildman–Crippen MR) is 81.8 cm³/mol. The van der Waals surface area contributed by atoms with E-state index in [9.17, 15) is 0 Å². The molecule has 0 unspecified atom stereocenters. The first kappa shape index (κ1) is 12.5. The highest BCUT2D eigenvalue weighted by Crippen LogP contribution is 2.22. The summed E-state index contributed by atoms with van der Waals surface area (Å²) in [6, 6.07) is 12.5. The van der Waals surface area contributed by atoms with Crippen molar-refractivity contribution in [3.63, 3.8) is 0 Å². The standard InChI is InChI=1S/C17H16N2O/c1-20-17-7-6-15-11-14(4-5-16(15)12-17)3-2-9-19-10-8-18-13-19/h2-8,10-13H,9H2,1H3/b3-2+. The van der Waals surface area contributed by atoms with Gasteiger partial charge in [-0.15, -0.1) is 0 Å². The van der Waals surface area contributed by atoms with Crippen LogP contribution in [0.2, 0.25) is 0 Å². The molecule has 20 heavy (non-hydrogen) atoms. The summed E-state index contributed by atoms with van der Waals surface area (Å²) in [4.78, 5) is 4.02. The SMILES string of the molecule is COc1ccc2cc(/C=C/Cn3ccnc3)ccc2c1. The Morgan fingerprint density at radius 2 is 2.00 bits per heavy atom. The molecule has 0 fully saturated rings. The van der Waals surface area contributed by atoms with Crippen molar-refractivity contribution < 1.29 is 4.74 Å². The molecule has 1 heterocycles. The Morgan fingerprint density at radius 1 is 1.15 bits per heavy atom. The van der Waals surface area contributed by atoms with Crippen molar-refractivity contribution in [2.75, 3.05) is 7.11 Å². The summed E-state index contributed by atoms with van der Waals surface area (Å²) < 4.78 is 7.27. The second kappa shape index (κ2) is 5.61. The zero-order valence-corrected chi connectivity index (χ0v) is 11.4. The summed E-state index contributed by atoms with van der Waals surface area (Å²) in [6.45, 7) is 0.834. The fourth-order valence-corrected chi connectivity index (χ4v) is 2.18. The van der Waals surface area contributed by atoms with Crippen LogP contribution in [0.1, 0.15) is 5.56 Å². The molecule has 0 atom stereocenters. The number of imidazole rings is 1. The van der Waals surface area contributed by atoms with Gasteiger partial charge in [-0.1, -0.05) is 30.4 Å². The highest BCUT2D eigenvalue weighted by Gasteiger charge is 1.97. The van der Waals surface area contributed by atoms with E-state index in [2.05, 4.69) is 41.4 Å². The molecular weight excluding hydrogens is 248 g/mol. The average Bonchev–Trinajstić information content (AvgIpc) is 3.00. The minimum atomic E-state index is 0.834. The van der Waals surface area contributed by atoms with Crippen molar-refractivity contribution in [2.24, 2.45) is 0 Å². The second-order valence-corrected chi connectivity index (χ2v) is 4.63. The van der Waals surface area contributed by atoms with Crippen molar-refractivity contribution in [3.05, 3.63) is 66.8 Å². The first-order valence-corrected chi connectivity index (χ1v) is 6.55. The summed E-state index contributed by atoms with van der Waals surface area (Å²) in [7, 11) is 1.69. The third-order valence-electron chi connectivity index (χ3n) is 3.26. The van der Waals surface area contributed by atoms with E-state index in [0.717, 1.165) is 12.3 Å². The van der Waals surface area contributed by atoms with Gasteiger partial charge >= 0.3 is 0 Å².